The molecule has 0 aliphatic carbocycles. The van der Waals surface area contributed by atoms with Crippen molar-refractivity contribution in [3.63, 3.8) is 0 Å². The summed E-state index contributed by atoms with van der Waals surface area (Å²) in [6.45, 7) is 0. The van der Waals surface area contributed by atoms with Crippen LogP contribution in [0.3, 0.4) is 0 Å². The monoisotopic (exact) mass is 332 g/mol. The Labute approximate surface area is 122 Å². The number of phenolic OH excluding ortho intramolecular Hbond substituents is 1. The quantitative estimate of drug-likeness (QED) is 0.748. The second-order valence-corrected chi connectivity index (χ2v) is 4.98. The van der Waals surface area contributed by atoms with Gasteiger partial charge in [0.1, 0.15) is 11.4 Å². The Kier molecular flexibility index (Phi) is 3.11. The standard InChI is InChI=1S/C13H9BrN4O2/c14-7-1-4-11(19)9(5-7)13-17-12(18-20-13)10-3-2-8(15)6-16-10/h1-6,19H,15H2. The topological polar surface area (TPSA) is 98.1 Å². The van der Waals surface area contributed by atoms with E-state index >= 15 is 0 Å². The smallest absolute Gasteiger partial charge is 0.262 e. The lowest BCUT2D eigenvalue weighted by Gasteiger charge is -1.99. The van der Waals surface area contributed by atoms with Crippen molar-refractivity contribution in [3.8, 4) is 28.7 Å². The second kappa shape index (κ2) is 4.93. The number of pyridine rings is 1. The van der Waals surface area contributed by atoms with Gasteiger partial charge in [-0.15, -0.1) is 0 Å². The number of hydrogen-bond acceptors (Lipinski definition) is 6. The van der Waals surface area contributed by atoms with Gasteiger partial charge in [-0.2, -0.15) is 4.98 Å². The van der Waals surface area contributed by atoms with E-state index in [1.807, 2.05) is 0 Å². The first-order valence-corrected chi connectivity index (χ1v) is 6.47. The van der Waals surface area contributed by atoms with Crippen LogP contribution < -0.4 is 5.73 Å². The average molecular weight is 333 g/mol. The van der Waals surface area contributed by atoms with Crippen molar-refractivity contribution in [1.29, 1.82) is 0 Å². The molecule has 0 unspecified atom stereocenters. The molecular formula is C13H9BrN4O2. The lowest BCUT2D eigenvalue weighted by atomic mass is 10.2. The highest BCUT2D eigenvalue weighted by Gasteiger charge is 2.15. The van der Waals surface area contributed by atoms with Crippen molar-refractivity contribution in [2.45, 2.75) is 0 Å². The predicted octanol–water partition coefficient (Wildman–Crippen LogP) is 2.85. The molecule has 0 saturated heterocycles. The van der Waals surface area contributed by atoms with E-state index in [2.05, 4.69) is 31.1 Å². The summed E-state index contributed by atoms with van der Waals surface area (Å²) in [5.41, 5.74) is 7.13. The maximum absolute atomic E-state index is 9.82. The summed E-state index contributed by atoms with van der Waals surface area (Å²) in [4.78, 5) is 8.33. The fourth-order valence-electron chi connectivity index (χ4n) is 1.65. The van der Waals surface area contributed by atoms with Crippen LogP contribution in [0.25, 0.3) is 23.0 Å². The van der Waals surface area contributed by atoms with Crippen LogP contribution in [0.4, 0.5) is 5.69 Å². The van der Waals surface area contributed by atoms with E-state index < -0.39 is 0 Å². The molecule has 100 valence electrons. The SMILES string of the molecule is Nc1ccc(-c2noc(-c3cc(Br)ccc3O)n2)nc1. The van der Waals surface area contributed by atoms with Crippen LogP contribution in [-0.4, -0.2) is 20.2 Å². The molecule has 3 aromatic rings. The van der Waals surface area contributed by atoms with Crippen molar-refractivity contribution in [1.82, 2.24) is 15.1 Å². The molecule has 0 atom stereocenters. The largest absolute Gasteiger partial charge is 0.507 e. The van der Waals surface area contributed by atoms with Crippen LogP contribution in [0.2, 0.25) is 0 Å². The molecule has 0 amide bonds. The summed E-state index contributed by atoms with van der Waals surface area (Å²) >= 11 is 3.33. The number of halogens is 1. The number of aromatic nitrogens is 3. The van der Waals surface area contributed by atoms with Crippen molar-refractivity contribution in [2.75, 3.05) is 5.73 Å². The summed E-state index contributed by atoms with van der Waals surface area (Å²) in [5, 5.41) is 13.7. The normalized spacial score (nSPS) is 10.7. The van der Waals surface area contributed by atoms with Crippen LogP contribution in [-0.2, 0) is 0 Å². The van der Waals surface area contributed by atoms with Gasteiger partial charge in [-0.25, -0.2) is 0 Å². The van der Waals surface area contributed by atoms with E-state index in [1.54, 1.807) is 30.3 Å². The first kappa shape index (κ1) is 12.6. The summed E-state index contributed by atoms with van der Waals surface area (Å²) in [6, 6.07) is 8.37. The number of nitrogens with two attached hydrogens (primary N) is 1. The van der Waals surface area contributed by atoms with Crippen LogP contribution >= 0.6 is 15.9 Å². The highest BCUT2D eigenvalue weighted by atomic mass is 79.9. The maximum Gasteiger partial charge on any atom is 0.262 e. The number of nitrogen functional groups attached to an aromatic ring is 1. The lowest BCUT2D eigenvalue weighted by Crippen LogP contribution is -1.89. The maximum atomic E-state index is 9.82. The van der Waals surface area contributed by atoms with Crippen molar-refractivity contribution in [2.24, 2.45) is 0 Å². The van der Waals surface area contributed by atoms with Gasteiger partial charge in [-0.05, 0) is 30.3 Å². The first-order valence-electron chi connectivity index (χ1n) is 5.68. The third-order valence-electron chi connectivity index (χ3n) is 2.63. The zero-order valence-electron chi connectivity index (χ0n) is 10.1. The molecule has 20 heavy (non-hydrogen) atoms. The van der Waals surface area contributed by atoms with Gasteiger partial charge in [-0.3, -0.25) is 4.98 Å². The second-order valence-electron chi connectivity index (χ2n) is 4.06. The number of aromatic hydroxyl groups is 1. The van der Waals surface area contributed by atoms with Gasteiger partial charge >= 0.3 is 0 Å². The van der Waals surface area contributed by atoms with E-state index in [4.69, 9.17) is 10.3 Å². The fourth-order valence-corrected chi connectivity index (χ4v) is 2.02. The molecule has 1 aromatic carbocycles. The third kappa shape index (κ3) is 2.35. The van der Waals surface area contributed by atoms with Crippen LogP contribution in [0.15, 0.2) is 45.5 Å². The number of benzene rings is 1. The van der Waals surface area contributed by atoms with Gasteiger partial charge in [0.15, 0.2) is 0 Å². The molecule has 7 heteroatoms. The Morgan fingerprint density at radius 3 is 2.80 bits per heavy atom. The van der Waals surface area contributed by atoms with Gasteiger partial charge in [0.25, 0.3) is 5.89 Å². The molecule has 6 nitrogen and oxygen atoms in total. The van der Waals surface area contributed by atoms with Crippen LogP contribution in [0, 0.1) is 0 Å². The number of hydrogen-bond donors (Lipinski definition) is 2. The van der Waals surface area contributed by atoms with E-state index in [1.165, 1.54) is 6.20 Å². The highest BCUT2D eigenvalue weighted by molar-refractivity contribution is 9.10. The Balaban J connectivity index is 2.01. The summed E-state index contributed by atoms with van der Waals surface area (Å²) in [7, 11) is 0. The van der Waals surface area contributed by atoms with E-state index in [0.29, 0.717) is 22.8 Å². The summed E-state index contributed by atoms with van der Waals surface area (Å²) in [5.74, 6) is 0.616. The number of nitrogens with zero attached hydrogens (tertiary/aromatic N) is 3. The Bertz CT molecular complexity index is 755. The van der Waals surface area contributed by atoms with Gasteiger partial charge in [-0.1, -0.05) is 21.1 Å². The van der Waals surface area contributed by atoms with Gasteiger partial charge < -0.3 is 15.4 Å². The molecule has 3 N–H and O–H groups in total. The minimum absolute atomic E-state index is 0.0636. The highest BCUT2D eigenvalue weighted by Crippen LogP contribution is 2.31. The molecule has 0 aliphatic heterocycles. The molecule has 0 bridgehead atoms. The molecular weight excluding hydrogens is 324 g/mol. The predicted molar refractivity (Wildman–Crippen MR) is 76.7 cm³/mol. The van der Waals surface area contributed by atoms with Crippen molar-refractivity contribution < 1.29 is 9.63 Å². The molecule has 0 aliphatic rings. The molecule has 2 aromatic heterocycles. The number of anilines is 1. The Hall–Kier alpha value is -2.41. The molecule has 0 radical (unpaired) electrons. The van der Waals surface area contributed by atoms with Gasteiger partial charge in [0, 0.05) is 4.47 Å². The van der Waals surface area contributed by atoms with E-state index in [9.17, 15) is 5.11 Å². The lowest BCUT2D eigenvalue weighted by molar-refractivity contribution is 0.425. The van der Waals surface area contributed by atoms with Crippen molar-refractivity contribution in [3.05, 3.63) is 41.0 Å². The fraction of sp³-hybridized carbons (Fsp3) is 0. The molecule has 0 saturated carbocycles. The summed E-state index contributed by atoms with van der Waals surface area (Å²) in [6.07, 6.45) is 1.52. The Morgan fingerprint density at radius 1 is 1.20 bits per heavy atom. The Morgan fingerprint density at radius 2 is 2.05 bits per heavy atom. The third-order valence-corrected chi connectivity index (χ3v) is 3.12. The van der Waals surface area contributed by atoms with Crippen LogP contribution in [0.5, 0.6) is 5.75 Å². The zero-order chi connectivity index (χ0) is 14.1. The number of rotatable bonds is 2. The summed E-state index contributed by atoms with van der Waals surface area (Å²) < 4.78 is 5.96. The molecule has 3 rings (SSSR count). The minimum Gasteiger partial charge on any atom is -0.507 e. The zero-order valence-corrected chi connectivity index (χ0v) is 11.7. The first-order chi connectivity index (χ1) is 9.63. The van der Waals surface area contributed by atoms with Gasteiger partial charge in [0.2, 0.25) is 5.82 Å². The number of phenols is 1. The molecule has 0 spiro atoms. The minimum atomic E-state index is 0.0636. The molecule has 0 fully saturated rings. The van der Waals surface area contributed by atoms with E-state index in [-0.39, 0.29) is 11.6 Å². The average Bonchev–Trinajstić information content (AvgIpc) is 2.92. The van der Waals surface area contributed by atoms with Crippen LogP contribution in [0.1, 0.15) is 0 Å². The van der Waals surface area contributed by atoms with E-state index in [0.717, 1.165) is 4.47 Å². The van der Waals surface area contributed by atoms with Gasteiger partial charge in [0.05, 0.1) is 17.4 Å². The van der Waals surface area contributed by atoms with Crippen molar-refractivity contribution >= 4 is 21.6 Å². The molecule has 2 heterocycles.